The minimum atomic E-state index is -0.493. The van der Waals surface area contributed by atoms with Gasteiger partial charge in [0.2, 0.25) is 11.8 Å². The summed E-state index contributed by atoms with van der Waals surface area (Å²) in [6.07, 6.45) is 0.731. The van der Waals surface area contributed by atoms with Gasteiger partial charge >= 0.3 is 4.87 Å². The first kappa shape index (κ1) is 31.4. The van der Waals surface area contributed by atoms with Crippen molar-refractivity contribution in [2.24, 2.45) is 29.6 Å². The van der Waals surface area contributed by atoms with Crippen molar-refractivity contribution in [1.82, 2.24) is 4.98 Å². The molecule has 48 heavy (non-hydrogen) atoms. The zero-order valence-electron chi connectivity index (χ0n) is 25.1. The number of nitrogens with one attached hydrogen (secondary N) is 2. The highest BCUT2D eigenvalue weighted by Gasteiger charge is 2.69. The Balaban J connectivity index is 1.08. The summed E-state index contributed by atoms with van der Waals surface area (Å²) >= 11 is 14.8. The van der Waals surface area contributed by atoms with Crippen LogP contribution in [0.1, 0.15) is 22.8 Å². The lowest BCUT2D eigenvalue weighted by Crippen LogP contribution is -2.42. The molecule has 3 aromatic carbocycles. The number of rotatable bonds is 7. The fourth-order valence-electron chi connectivity index (χ4n) is 8.15. The largest absolute Gasteiger partial charge is 0.493 e. The van der Waals surface area contributed by atoms with E-state index in [2.05, 4.69) is 10.3 Å². The fourth-order valence-corrected chi connectivity index (χ4v) is 11.3. The summed E-state index contributed by atoms with van der Waals surface area (Å²) in [7, 11) is 1.51. The van der Waals surface area contributed by atoms with Gasteiger partial charge in [-0.3, -0.25) is 24.1 Å². The number of ether oxygens (including phenoxy) is 2. The van der Waals surface area contributed by atoms with Crippen molar-refractivity contribution in [3.05, 3.63) is 96.6 Å². The molecule has 7 atom stereocenters. The number of benzene rings is 3. The third-order valence-electron chi connectivity index (χ3n) is 9.92. The summed E-state index contributed by atoms with van der Waals surface area (Å²) in [5, 5.41) is 4.19. The predicted molar refractivity (Wildman–Crippen MR) is 181 cm³/mol. The molecular formula is C34H26Cl2FN3O6S2. The van der Waals surface area contributed by atoms with Crippen LogP contribution in [0.3, 0.4) is 0 Å². The van der Waals surface area contributed by atoms with Gasteiger partial charge in [-0.15, -0.1) is 11.8 Å². The molecule has 2 N–H and O–H groups in total. The Morgan fingerprint density at radius 1 is 0.979 bits per heavy atom. The molecule has 0 unspecified atom stereocenters. The second-order valence-corrected chi connectivity index (χ2v) is 15.3. The third-order valence-corrected chi connectivity index (χ3v) is 13.2. The maximum absolute atomic E-state index is 13.9. The van der Waals surface area contributed by atoms with Crippen LogP contribution in [0.15, 0.2) is 70.5 Å². The van der Waals surface area contributed by atoms with Crippen LogP contribution in [0, 0.1) is 35.4 Å². The first-order valence-corrected chi connectivity index (χ1v) is 17.7. The lowest BCUT2D eigenvalue weighted by atomic mass is 9.68. The minimum Gasteiger partial charge on any atom is -0.493 e. The van der Waals surface area contributed by atoms with Crippen LogP contribution in [-0.4, -0.2) is 41.7 Å². The van der Waals surface area contributed by atoms with E-state index in [9.17, 15) is 23.6 Å². The van der Waals surface area contributed by atoms with E-state index in [0.717, 1.165) is 33.2 Å². The molecule has 3 amide bonds. The molecule has 2 bridgehead atoms. The van der Waals surface area contributed by atoms with Gasteiger partial charge in [0, 0.05) is 21.7 Å². The number of nitrogens with zero attached hydrogens (tertiary/aromatic N) is 1. The van der Waals surface area contributed by atoms with Gasteiger partial charge in [-0.05, 0) is 84.3 Å². The van der Waals surface area contributed by atoms with E-state index < -0.39 is 23.6 Å². The van der Waals surface area contributed by atoms with Gasteiger partial charge in [0.05, 0.1) is 39.7 Å². The number of hydrogen-bond donors (Lipinski definition) is 2. The number of carbonyl (C=O) groups is 3. The molecule has 2 aliphatic heterocycles. The zero-order valence-corrected chi connectivity index (χ0v) is 28.2. The average molecular weight is 727 g/mol. The molecule has 1 aromatic heterocycles. The van der Waals surface area contributed by atoms with Gasteiger partial charge in [-0.25, -0.2) is 4.39 Å². The van der Waals surface area contributed by atoms with Gasteiger partial charge in [0.15, 0.2) is 18.1 Å². The number of aromatic nitrogens is 1. The quantitative estimate of drug-likeness (QED) is 0.207. The number of H-pyrrole nitrogens is 1. The Morgan fingerprint density at radius 2 is 1.73 bits per heavy atom. The van der Waals surface area contributed by atoms with Crippen LogP contribution in [0.5, 0.6) is 11.5 Å². The number of amides is 3. The summed E-state index contributed by atoms with van der Waals surface area (Å²) in [4.78, 5) is 58.0. The maximum atomic E-state index is 13.9. The zero-order chi connectivity index (χ0) is 33.4. The van der Waals surface area contributed by atoms with Gasteiger partial charge in [0.1, 0.15) is 5.82 Å². The highest BCUT2D eigenvalue weighted by Crippen LogP contribution is 2.68. The predicted octanol–water partition coefficient (Wildman–Crippen LogP) is 6.59. The first-order chi connectivity index (χ1) is 23.1. The standard InChI is InChI=1S/C34H26Cl2FN3O6S2/c1-45-23-10-14(2-9-22(23)46-13-24(41)38-16-5-8-20(35)21(36)11-16)25-26-18-12-19(29(26)47-31-30(25)48-34(44)39-31)28-27(18)32(42)40(33(28)43)17-6-3-15(37)4-7-17/h2-11,18-19,25-29H,12-13H2,1H3,(H,38,41)(H,39,44)/t18-,19-,25+,26-,27+,28+,29-/m1/s1. The number of anilines is 2. The van der Waals surface area contributed by atoms with Crippen LogP contribution >= 0.6 is 46.3 Å². The van der Waals surface area contributed by atoms with Gasteiger partial charge in [-0.1, -0.05) is 40.6 Å². The molecule has 0 radical (unpaired) electrons. The highest BCUT2D eigenvalue weighted by molar-refractivity contribution is 8.00. The number of imide groups is 1. The van der Waals surface area contributed by atoms with Crippen LogP contribution in [0.4, 0.5) is 15.8 Å². The second-order valence-electron chi connectivity index (χ2n) is 12.3. The van der Waals surface area contributed by atoms with E-state index >= 15 is 0 Å². The summed E-state index contributed by atoms with van der Waals surface area (Å²) < 4.78 is 25.2. The normalized spacial score (nSPS) is 26.7. The Labute approximate surface area is 291 Å². The molecule has 3 heterocycles. The molecule has 2 saturated carbocycles. The highest BCUT2D eigenvalue weighted by atomic mass is 35.5. The van der Waals surface area contributed by atoms with Crippen molar-refractivity contribution in [3.8, 4) is 11.5 Å². The lowest BCUT2D eigenvalue weighted by molar-refractivity contribution is -0.123. The topological polar surface area (TPSA) is 118 Å². The molecule has 2 aliphatic carbocycles. The van der Waals surface area contributed by atoms with E-state index in [-0.39, 0.29) is 52.2 Å². The van der Waals surface area contributed by atoms with E-state index in [1.807, 2.05) is 12.1 Å². The van der Waals surface area contributed by atoms with Crippen LogP contribution in [-0.2, 0) is 14.4 Å². The van der Waals surface area contributed by atoms with Crippen molar-refractivity contribution >= 4 is 75.4 Å². The number of aromatic amines is 1. The molecule has 8 rings (SSSR count). The number of thiazole rings is 1. The van der Waals surface area contributed by atoms with E-state index in [0.29, 0.717) is 32.9 Å². The smallest absolute Gasteiger partial charge is 0.305 e. The summed E-state index contributed by atoms with van der Waals surface area (Å²) in [5.41, 5.74) is 1.73. The van der Waals surface area contributed by atoms with Crippen molar-refractivity contribution < 1.29 is 28.2 Å². The Hall–Kier alpha value is -3.84. The van der Waals surface area contributed by atoms with Crippen molar-refractivity contribution in [3.63, 3.8) is 0 Å². The first-order valence-electron chi connectivity index (χ1n) is 15.2. The number of carbonyl (C=O) groups excluding carboxylic acids is 3. The van der Waals surface area contributed by atoms with E-state index in [4.69, 9.17) is 32.7 Å². The minimum absolute atomic E-state index is 0.00379. The number of hydrogen-bond acceptors (Lipinski definition) is 8. The van der Waals surface area contributed by atoms with Crippen LogP contribution in [0.2, 0.25) is 10.0 Å². The molecule has 3 fully saturated rings. The van der Waals surface area contributed by atoms with E-state index in [1.165, 1.54) is 36.3 Å². The van der Waals surface area contributed by atoms with E-state index in [1.54, 1.807) is 36.0 Å². The third kappa shape index (κ3) is 5.03. The number of methoxy groups -OCH3 is 1. The average Bonchev–Trinajstić information content (AvgIpc) is 3.81. The molecule has 246 valence electrons. The van der Waals surface area contributed by atoms with Crippen LogP contribution < -0.4 is 24.6 Å². The van der Waals surface area contributed by atoms with Crippen molar-refractivity contribution in [2.45, 2.75) is 22.6 Å². The summed E-state index contributed by atoms with van der Waals surface area (Å²) in [6.45, 7) is -0.294. The molecule has 0 spiro atoms. The SMILES string of the molecule is COc1cc([C@@H]2c3sc(=O)[nH]c3S[C@@H]3[C@@H]4C[C@@H]([C@@H]5C(=O)N(c6ccc(F)cc6)C(=O)[C@@H]45)[C@H]23)ccc1OCC(=O)Nc1ccc(Cl)c(Cl)c1. The van der Waals surface area contributed by atoms with Gasteiger partial charge < -0.3 is 19.8 Å². The number of halogens is 3. The molecule has 9 nitrogen and oxygen atoms in total. The molecule has 4 aromatic rings. The number of fused-ring (bicyclic) bond motifs is 9. The lowest BCUT2D eigenvalue weighted by Gasteiger charge is -2.43. The number of thioether (sulfide) groups is 1. The van der Waals surface area contributed by atoms with Gasteiger partial charge in [-0.2, -0.15) is 0 Å². The summed E-state index contributed by atoms with van der Waals surface area (Å²) in [5.74, 6) is -1.96. The van der Waals surface area contributed by atoms with Gasteiger partial charge in [0.25, 0.3) is 5.91 Å². The Bertz CT molecular complexity index is 2050. The molecule has 4 aliphatic rings. The Morgan fingerprint density at radius 3 is 2.46 bits per heavy atom. The fraction of sp³-hybridized carbons (Fsp3) is 0.294. The molecule has 14 heteroatoms. The monoisotopic (exact) mass is 725 g/mol. The summed E-state index contributed by atoms with van der Waals surface area (Å²) in [6, 6.07) is 15.7. The second kappa shape index (κ2) is 11.9. The van der Waals surface area contributed by atoms with Crippen LogP contribution in [0.25, 0.3) is 0 Å². The Kier molecular flexibility index (Phi) is 7.82. The van der Waals surface area contributed by atoms with Crippen molar-refractivity contribution in [2.75, 3.05) is 23.9 Å². The molecule has 1 saturated heterocycles. The van der Waals surface area contributed by atoms with Crippen molar-refractivity contribution in [1.29, 1.82) is 0 Å². The molecular weight excluding hydrogens is 700 g/mol. The maximum Gasteiger partial charge on any atom is 0.305 e.